The van der Waals surface area contributed by atoms with Crippen LogP contribution in [-0.2, 0) is 0 Å². The Bertz CT molecular complexity index is 84.4. The van der Waals surface area contributed by atoms with Gasteiger partial charge in [-0.3, -0.25) is 0 Å². The lowest BCUT2D eigenvalue weighted by Crippen LogP contribution is -1.97. The monoisotopic (exact) mass is 112 g/mol. The van der Waals surface area contributed by atoms with Gasteiger partial charge in [-0.2, -0.15) is 0 Å². The van der Waals surface area contributed by atoms with Gasteiger partial charge in [-0.15, -0.1) is 6.58 Å². The van der Waals surface area contributed by atoms with Crippen LogP contribution in [0.4, 0.5) is 0 Å². The first kappa shape index (κ1) is 7.44. The quantitative estimate of drug-likeness (QED) is 0.548. The fourth-order valence-corrected chi connectivity index (χ4v) is 0.372. The zero-order valence-corrected chi connectivity index (χ0v) is 5.17. The zero-order chi connectivity index (χ0) is 6.41. The average Bonchev–Trinajstić information content (AvgIpc) is 1.83. The van der Waals surface area contributed by atoms with Gasteiger partial charge in [-0.1, -0.05) is 18.2 Å². The first-order chi connectivity index (χ1) is 3.81. The normalized spacial score (nSPS) is 14.2. The van der Waals surface area contributed by atoms with Crippen LogP contribution in [0.3, 0.4) is 0 Å². The SMILES string of the molecule is C=C[C@@H](O)C/C=C/C. The van der Waals surface area contributed by atoms with E-state index in [0.29, 0.717) is 6.42 Å². The van der Waals surface area contributed by atoms with E-state index in [4.69, 9.17) is 5.11 Å². The molecule has 0 saturated carbocycles. The van der Waals surface area contributed by atoms with Crippen molar-refractivity contribution in [2.75, 3.05) is 0 Å². The van der Waals surface area contributed by atoms with Crippen LogP contribution >= 0.6 is 0 Å². The van der Waals surface area contributed by atoms with E-state index in [2.05, 4.69) is 6.58 Å². The lowest BCUT2D eigenvalue weighted by atomic mass is 10.2. The Morgan fingerprint density at radius 2 is 2.38 bits per heavy atom. The number of aliphatic hydroxyl groups excluding tert-OH is 1. The predicted octanol–water partition coefficient (Wildman–Crippen LogP) is 1.50. The lowest BCUT2D eigenvalue weighted by Gasteiger charge is -1.96. The van der Waals surface area contributed by atoms with Crippen molar-refractivity contribution in [3.63, 3.8) is 0 Å². The van der Waals surface area contributed by atoms with Gasteiger partial charge in [0.1, 0.15) is 0 Å². The van der Waals surface area contributed by atoms with Crippen LogP contribution in [0, 0.1) is 0 Å². The van der Waals surface area contributed by atoms with E-state index in [1.807, 2.05) is 19.1 Å². The molecule has 0 rings (SSSR count). The minimum atomic E-state index is -0.369. The van der Waals surface area contributed by atoms with Crippen molar-refractivity contribution in [1.29, 1.82) is 0 Å². The molecule has 46 valence electrons. The molecule has 0 aliphatic carbocycles. The summed E-state index contributed by atoms with van der Waals surface area (Å²) in [6, 6.07) is 0. The largest absolute Gasteiger partial charge is 0.389 e. The molecule has 0 aliphatic rings. The molecule has 0 aromatic heterocycles. The smallest absolute Gasteiger partial charge is 0.0752 e. The fraction of sp³-hybridized carbons (Fsp3) is 0.429. The molecule has 1 heteroatoms. The van der Waals surface area contributed by atoms with Gasteiger partial charge in [-0.05, 0) is 13.3 Å². The number of allylic oxidation sites excluding steroid dienone is 1. The molecule has 0 aromatic rings. The van der Waals surface area contributed by atoms with Crippen LogP contribution in [-0.4, -0.2) is 11.2 Å². The van der Waals surface area contributed by atoms with E-state index in [1.54, 1.807) is 0 Å². The van der Waals surface area contributed by atoms with E-state index in [0.717, 1.165) is 0 Å². The van der Waals surface area contributed by atoms with Gasteiger partial charge in [0.25, 0.3) is 0 Å². The van der Waals surface area contributed by atoms with Crippen molar-refractivity contribution >= 4 is 0 Å². The summed E-state index contributed by atoms with van der Waals surface area (Å²) in [4.78, 5) is 0. The summed E-state index contributed by atoms with van der Waals surface area (Å²) >= 11 is 0. The second-order valence-electron chi connectivity index (χ2n) is 1.61. The predicted molar refractivity (Wildman–Crippen MR) is 35.6 cm³/mol. The third-order valence-electron chi connectivity index (χ3n) is 0.885. The third-order valence-corrected chi connectivity index (χ3v) is 0.885. The summed E-state index contributed by atoms with van der Waals surface area (Å²) in [7, 11) is 0. The number of rotatable bonds is 3. The van der Waals surface area contributed by atoms with Gasteiger partial charge in [0, 0.05) is 0 Å². The van der Waals surface area contributed by atoms with Crippen LogP contribution < -0.4 is 0 Å². The maximum Gasteiger partial charge on any atom is 0.0752 e. The summed E-state index contributed by atoms with van der Waals surface area (Å²) in [6.45, 7) is 5.36. The summed E-state index contributed by atoms with van der Waals surface area (Å²) in [5.41, 5.74) is 0. The molecule has 0 unspecified atom stereocenters. The first-order valence-corrected chi connectivity index (χ1v) is 2.73. The fourth-order valence-electron chi connectivity index (χ4n) is 0.372. The van der Waals surface area contributed by atoms with Gasteiger partial charge < -0.3 is 5.11 Å². The van der Waals surface area contributed by atoms with Crippen molar-refractivity contribution in [2.24, 2.45) is 0 Å². The molecule has 0 spiro atoms. The molecule has 0 radical (unpaired) electrons. The van der Waals surface area contributed by atoms with Crippen molar-refractivity contribution in [2.45, 2.75) is 19.4 Å². The molecule has 8 heavy (non-hydrogen) atoms. The molecule has 0 aliphatic heterocycles. The van der Waals surface area contributed by atoms with Gasteiger partial charge in [0.15, 0.2) is 0 Å². The Kier molecular flexibility index (Phi) is 4.27. The molecule has 1 nitrogen and oxygen atoms in total. The minimum Gasteiger partial charge on any atom is -0.389 e. The molecular weight excluding hydrogens is 100 g/mol. The van der Waals surface area contributed by atoms with Crippen molar-refractivity contribution < 1.29 is 5.11 Å². The molecule has 0 bridgehead atoms. The summed E-state index contributed by atoms with van der Waals surface area (Å²) in [5.74, 6) is 0. The van der Waals surface area contributed by atoms with Crippen molar-refractivity contribution in [1.82, 2.24) is 0 Å². The highest BCUT2D eigenvalue weighted by molar-refractivity contribution is 4.87. The Labute approximate surface area is 50.3 Å². The summed E-state index contributed by atoms with van der Waals surface area (Å²) < 4.78 is 0. The van der Waals surface area contributed by atoms with Gasteiger partial charge in [0.05, 0.1) is 6.10 Å². The zero-order valence-electron chi connectivity index (χ0n) is 5.17. The van der Waals surface area contributed by atoms with Crippen molar-refractivity contribution in [3.05, 3.63) is 24.8 Å². The molecule has 0 amide bonds. The lowest BCUT2D eigenvalue weighted by molar-refractivity contribution is 0.227. The highest BCUT2D eigenvalue weighted by atomic mass is 16.3. The van der Waals surface area contributed by atoms with Crippen LogP contribution in [0.2, 0.25) is 0 Å². The molecule has 0 saturated heterocycles. The second-order valence-corrected chi connectivity index (χ2v) is 1.61. The van der Waals surface area contributed by atoms with Crippen LogP contribution in [0.1, 0.15) is 13.3 Å². The standard InChI is InChI=1S/C7H12O/c1-3-5-6-7(8)4-2/h3-5,7-8H,2,6H2,1H3/b5-3+/t7-/m1/s1. The molecule has 0 heterocycles. The molecular formula is C7H12O. The Hall–Kier alpha value is -0.560. The maximum absolute atomic E-state index is 8.82. The summed E-state index contributed by atoms with van der Waals surface area (Å²) in [6.07, 6.45) is 5.66. The highest BCUT2D eigenvalue weighted by Crippen LogP contribution is 1.91. The topological polar surface area (TPSA) is 20.2 Å². The van der Waals surface area contributed by atoms with Crippen LogP contribution in [0.15, 0.2) is 24.8 Å². The Balaban J connectivity index is 3.23. The van der Waals surface area contributed by atoms with Gasteiger partial charge in [0.2, 0.25) is 0 Å². The van der Waals surface area contributed by atoms with E-state index in [-0.39, 0.29) is 6.10 Å². The molecule has 1 atom stereocenters. The van der Waals surface area contributed by atoms with E-state index in [1.165, 1.54) is 6.08 Å². The summed E-state index contributed by atoms with van der Waals surface area (Å²) in [5, 5.41) is 8.82. The Morgan fingerprint density at radius 3 is 2.75 bits per heavy atom. The number of aliphatic hydroxyl groups is 1. The average molecular weight is 112 g/mol. The molecule has 1 N–H and O–H groups in total. The van der Waals surface area contributed by atoms with Gasteiger partial charge in [-0.25, -0.2) is 0 Å². The Morgan fingerprint density at radius 1 is 1.75 bits per heavy atom. The molecule has 0 aromatic carbocycles. The maximum atomic E-state index is 8.82. The highest BCUT2D eigenvalue weighted by Gasteiger charge is 1.89. The minimum absolute atomic E-state index is 0.369. The van der Waals surface area contributed by atoms with Crippen LogP contribution in [0.5, 0.6) is 0 Å². The molecule has 0 fully saturated rings. The van der Waals surface area contributed by atoms with Crippen LogP contribution in [0.25, 0.3) is 0 Å². The second kappa shape index (κ2) is 4.60. The van der Waals surface area contributed by atoms with Gasteiger partial charge >= 0.3 is 0 Å². The number of hydrogen-bond acceptors (Lipinski definition) is 1. The number of hydrogen-bond donors (Lipinski definition) is 1. The van der Waals surface area contributed by atoms with E-state index in [9.17, 15) is 0 Å². The first-order valence-electron chi connectivity index (χ1n) is 2.73. The van der Waals surface area contributed by atoms with E-state index >= 15 is 0 Å². The van der Waals surface area contributed by atoms with E-state index < -0.39 is 0 Å². The van der Waals surface area contributed by atoms with Crippen molar-refractivity contribution in [3.8, 4) is 0 Å². The third kappa shape index (κ3) is 3.62.